The summed E-state index contributed by atoms with van der Waals surface area (Å²) in [7, 11) is 0. The summed E-state index contributed by atoms with van der Waals surface area (Å²) in [5.41, 5.74) is 1.66. The Morgan fingerprint density at radius 2 is 1.95 bits per heavy atom. The molecule has 3 nitrogen and oxygen atoms in total. The Morgan fingerprint density at radius 3 is 2.67 bits per heavy atom. The minimum atomic E-state index is -0.0735. The van der Waals surface area contributed by atoms with Crippen LogP contribution in [-0.4, -0.2) is 11.6 Å². The molecule has 112 valence electrons. The van der Waals surface area contributed by atoms with E-state index in [1.807, 2.05) is 32.0 Å². The van der Waals surface area contributed by atoms with E-state index in [0.717, 1.165) is 11.3 Å². The second-order valence-electron chi connectivity index (χ2n) is 4.42. The molecule has 0 saturated heterocycles. The maximum absolute atomic E-state index is 6.26. The van der Waals surface area contributed by atoms with Crippen LogP contribution >= 0.6 is 34.8 Å². The van der Waals surface area contributed by atoms with Crippen LogP contribution in [0.1, 0.15) is 25.5 Å². The van der Waals surface area contributed by atoms with Gasteiger partial charge in [-0.2, -0.15) is 0 Å². The molecule has 0 spiro atoms. The first-order valence-corrected chi connectivity index (χ1v) is 7.65. The number of nitrogens with one attached hydrogen (secondary N) is 1. The van der Waals surface area contributed by atoms with Gasteiger partial charge in [0.25, 0.3) is 0 Å². The molecule has 0 radical (unpaired) electrons. The van der Waals surface area contributed by atoms with Gasteiger partial charge in [-0.25, -0.2) is 4.98 Å². The summed E-state index contributed by atoms with van der Waals surface area (Å²) >= 11 is 18.3. The molecule has 6 heteroatoms. The van der Waals surface area contributed by atoms with E-state index in [1.54, 1.807) is 12.3 Å². The average Bonchev–Trinajstić information content (AvgIpc) is 2.47. The van der Waals surface area contributed by atoms with Crippen molar-refractivity contribution in [3.05, 3.63) is 51.1 Å². The van der Waals surface area contributed by atoms with Crippen LogP contribution in [0.25, 0.3) is 0 Å². The Kier molecular flexibility index (Phi) is 5.57. The number of nitrogens with zero attached hydrogens (tertiary/aromatic N) is 1. The molecule has 1 aromatic heterocycles. The van der Waals surface area contributed by atoms with Gasteiger partial charge < -0.3 is 10.1 Å². The van der Waals surface area contributed by atoms with Crippen molar-refractivity contribution in [1.29, 1.82) is 0 Å². The lowest BCUT2D eigenvalue weighted by molar-refractivity contribution is 0.328. The van der Waals surface area contributed by atoms with Gasteiger partial charge in [-0.05, 0) is 37.6 Å². The Morgan fingerprint density at radius 1 is 1.19 bits per heavy atom. The average molecular weight is 346 g/mol. The van der Waals surface area contributed by atoms with Crippen molar-refractivity contribution in [2.24, 2.45) is 0 Å². The first kappa shape index (κ1) is 16.2. The lowest BCUT2D eigenvalue weighted by Gasteiger charge is -2.19. The summed E-state index contributed by atoms with van der Waals surface area (Å²) in [6.45, 7) is 4.44. The monoisotopic (exact) mass is 344 g/mol. The van der Waals surface area contributed by atoms with Gasteiger partial charge in [0.05, 0.1) is 33.4 Å². The molecule has 1 unspecified atom stereocenters. The number of anilines is 1. The van der Waals surface area contributed by atoms with Crippen LogP contribution in [0, 0.1) is 0 Å². The number of benzene rings is 1. The highest BCUT2D eigenvalue weighted by Crippen LogP contribution is 2.37. The van der Waals surface area contributed by atoms with Crippen LogP contribution in [0.4, 0.5) is 5.69 Å². The SMILES string of the molecule is CCOc1ncccc1NC(C)c1ccc(Cl)c(Cl)c1Cl. The van der Waals surface area contributed by atoms with Crippen molar-refractivity contribution in [2.75, 3.05) is 11.9 Å². The normalized spacial score (nSPS) is 12.0. The Bertz CT molecular complexity index is 634. The molecule has 1 heterocycles. The molecule has 21 heavy (non-hydrogen) atoms. The van der Waals surface area contributed by atoms with E-state index in [-0.39, 0.29) is 6.04 Å². The predicted molar refractivity (Wildman–Crippen MR) is 88.9 cm³/mol. The maximum Gasteiger partial charge on any atom is 0.237 e. The van der Waals surface area contributed by atoms with Crippen molar-refractivity contribution >= 4 is 40.5 Å². The number of hydrogen-bond donors (Lipinski definition) is 1. The van der Waals surface area contributed by atoms with Crippen LogP contribution in [0.5, 0.6) is 5.88 Å². The Hall–Kier alpha value is -1.16. The molecular formula is C15H15Cl3N2O. The van der Waals surface area contributed by atoms with Crippen molar-refractivity contribution in [3.63, 3.8) is 0 Å². The smallest absolute Gasteiger partial charge is 0.237 e. The van der Waals surface area contributed by atoms with E-state index in [2.05, 4.69) is 10.3 Å². The Balaban J connectivity index is 2.26. The number of pyridine rings is 1. The maximum atomic E-state index is 6.26. The standard InChI is InChI=1S/C15H15Cl3N2O/c1-3-21-15-12(5-4-8-19-15)20-9(2)10-6-7-11(16)14(18)13(10)17/h4-9,20H,3H2,1-2H3. The summed E-state index contributed by atoms with van der Waals surface area (Å²) in [6.07, 6.45) is 1.69. The van der Waals surface area contributed by atoms with Crippen molar-refractivity contribution in [2.45, 2.75) is 19.9 Å². The van der Waals surface area contributed by atoms with E-state index in [0.29, 0.717) is 27.6 Å². The van der Waals surface area contributed by atoms with Gasteiger partial charge in [0.1, 0.15) is 0 Å². The molecule has 0 aliphatic rings. The van der Waals surface area contributed by atoms with Crippen LogP contribution in [0.3, 0.4) is 0 Å². The number of rotatable bonds is 5. The summed E-state index contributed by atoms with van der Waals surface area (Å²) in [4.78, 5) is 4.20. The van der Waals surface area contributed by atoms with Gasteiger partial charge in [-0.1, -0.05) is 40.9 Å². The van der Waals surface area contributed by atoms with E-state index in [4.69, 9.17) is 39.5 Å². The van der Waals surface area contributed by atoms with E-state index >= 15 is 0 Å². The molecule has 2 rings (SSSR count). The molecular weight excluding hydrogens is 331 g/mol. The van der Waals surface area contributed by atoms with Crippen LogP contribution in [-0.2, 0) is 0 Å². The Labute approximate surface area is 139 Å². The zero-order valence-corrected chi connectivity index (χ0v) is 13.9. The highest BCUT2D eigenvalue weighted by atomic mass is 35.5. The second-order valence-corrected chi connectivity index (χ2v) is 5.58. The minimum absolute atomic E-state index is 0.0735. The minimum Gasteiger partial charge on any atom is -0.476 e. The number of ether oxygens (including phenoxy) is 1. The molecule has 0 aliphatic carbocycles. The van der Waals surface area contributed by atoms with E-state index in [9.17, 15) is 0 Å². The number of halogens is 3. The zero-order valence-electron chi connectivity index (χ0n) is 11.7. The topological polar surface area (TPSA) is 34.1 Å². The predicted octanol–water partition coefficient (Wildman–Crippen LogP) is 5.61. The molecule has 0 amide bonds. The number of hydrogen-bond acceptors (Lipinski definition) is 3. The molecule has 1 atom stereocenters. The molecule has 0 fully saturated rings. The molecule has 0 bridgehead atoms. The van der Waals surface area contributed by atoms with Crippen LogP contribution in [0.15, 0.2) is 30.5 Å². The highest BCUT2D eigenvalue weighted by molar-refractivity contribution is 6.48. The van der Waals surface area contributed by atoms with Gasteiger partial charge in [0.15, 0.2) is 0 Å². The van der Waals surface area contributed by atoms with E-state index in [1.165, 1.54) is 0 Å². The molecule has 0 saturated carbocycles. The van der Waals surface area contributed by atoms with Gasteiger partial charge in [0.2, 0.25) is 5.88 Å². The molecule has 1 aromatic carbocycles. The lowest BCUT2D eigenvalue weighted by Crippen LogP contribution is -2.09. The van der Waals surface area contributed by atoms with E-state index < -0.39 is 0 Å². The first-order chi connectivity index (χ1) is 10.0. The first-order valence-electron chi connectivity index (χ1n) is 6.52. The fraction of sp³-hybridized carbons (Fsp3) is 0.267. The molecule has 2 aromatic rings. The van der Waals surface area contributed by atoms with Crippen LogP contribution < -0.4 is 10.1 Å². The van der Waals surface area contributed by atoms with Gasteiger partial charge in [-0.15, -0.1) is 0 Å². The summed E-state index contributed by atoms with van der Waals surface area (Å²) in [5, 5.41) is 4.58. The van der Waals surface area contributed by atoms with Gasteiger partial charge >= 0.3 is 0 Å². The summed E-state index contributed by atoms with van der Waals surface area (Å²) in [5.74, 6) is 0.558. The third-order valence-corrected chi connectivity index (χ3v) is 4.26. The van der Waals surface area contributed by atoms with Gasteiger partial charge in [0, 0.05) is 6.20 Å². The quantitative estimate of drug-likeness (QED) is 0.715. The van der Waals surface area contributed by atoms with Crippen molar-refractivity contribution in [3.8, 4) is 5.88 Å². The van der Waals surface area contributed by atoms with Crippen molar-refractivity contribution < 1.29 is 4.74 Å². The summed E-state index contributed by atoms with van der Waals surface area (Å²) in [6, 6.07) is 7.25. The van der Waals surface area contributed by atoms with Crippen molar-refractivity contribution in [1.82, 2.24) is 4.98 Å². The fourth-order valence-electron chi connectivity index (χ4n) is 1.94. The third-order valence-electron chi connectivity index (χ3n) is 2.96. The second kappa shape index (κ2) is 7.21. The van der Waals surface area contributed by atoms with Crippen LogP contribution in [0.2, 0.25) is 15.1 Å². The lowest BCUT2D eigenvalue weighted by atomic mass is 10.1. The number of aromatic nitrogens is 1. The molecule has 1 N–H and O–H groups in total. The highest BCUT2D eigenvalue weighted by Gasteiger charge is 2.16. The molecule has 0 aliphatic heterocycles. The third kappa shape index (κ3) is 3.73. The zero-order chi connectivity index (χ0) is 15.4. The summed E-state index contributed by atoms with van der Waals surface area (Å²) < 4.78 is 5.49. The fourth-order valence-corrected chi connectivity index (χ4v) is 2.65. The van der Waals surface area contributed by atoms with Gasteiger partial charge in [-0.3, -0.25) is 0 Å². The largest absolute Gasteiger partial charge is 0.476 e.